The molecule has 0 aromatic heterocycles. The smallest absolute Gasteiger partial charge is 0.302 e. The Kier molecular flexibility index (Phi) is 6.35. The fourth-order valence-corrected chi connectivity index (χ4v) is 10.8. The first-order valence-electron chi connectivity index (χ1n) is 15.1. The molecule has 212 valence electrons. The quantitative estimate of drug-likeness (QED) is 0.460. The fraction of sp³-hybridized carbons (Fsp3) is 0.903. The molecule has 7 heteroatoms. The second kappa shape index (κ2) is 9.02. The van der Waals surface area contributed by atoms with E-state index in [1.54, 1.807) is 0 Å². The molecule has 4 aliphatic carbocycles. The van der Waals surface area contributed by atoms with Gasteiger partial charge in [0.05, 0.1) is 12.7 Å². The van der Waals surface area contributed by atoms with Gasteiger partial charge in [-0.3, -0.25) is 14.4 Å². The van der Waals surface area contributed by atoms with Crippen LogP contribution in [0.2, 0.25) is 0 Å². The summed E-state index contributed by atoms with van der Waals surface area (Å²) < 4.78 is 24.8. The molecule has 2 aliphatic heterocycles. The lowest BCUT2D eigenvalue weighted by Gasteiger charge is -2.62. The largest absolute Gasteiger partial charge is 0.463 e. The van der Waals surface area contributed by atoms with Crippen molar-refractivity contribution in [2.75, 3.05) is 6.61 Å². The molecule has 7 nitrogen and oxygen atoms in total. The number of ketones is 1. The van der Waals surface area contributed by atoms with Gasteiger partial charge in [0.2, 0.25) is 5.79 Å². The summed E-state index contributed by atoms with van der Waals surface area (Å²) in [7, 11) is 0. The number of fused-ring (bicyclic) bond motifs is 7. The molecule has 6 aliphatic rings. The van der Waals surface area contributed by atoms with Crippen molar-refractivity contribution in [3.05, 3.63) is 0 Å². The van der Waals surface area contributed by atoms with Gasteiger partial charge in [-0.05, 0) is 80.0 Å². The minimum atomic E-state index is -1.15. The number of ether oxygens (including phenoxy) is 4. The molecule has 6 rings (SSSR count). The Morgan fingerprint density at radius 1 is 0.947 bits per heavy atom. The first-order valence-corrected chi connectivity index (χ1v) is 15.1. The monoisotopic (exact) mass is 530 g/mol. The van der Waals surface area contributed by atoms with Crippen LogP contribution in [0, 0.1) is 52.3 Å². The summed E-state index contributed by atoms with van der Waals surface area (Å²) in [6, 6.07) is 0. The van der Waals surface area contributed by atoms with Crippen molar-refractivity contribution in [1.82, 2.24) is 0 Å². The summed E-state index contributed by atoms with van der Waals surface area (Å²) >= 11 is 0. The molecule has 4 saturated carbocycles. The third-order valence-electron chi connectivity index (χ3n) is 12.4. The highest BCUT2D eigenvalue weighted by atomic mass is 16.7. The lowest BCUT2D eigenvalue weighted by molar-refractivity contribution is -0.254. The number of esters is 2. The molecule has 0 aromatic carbocycles. The topological polar surface area (TPSA) is 88.1 Å². The number of rotatable bonds is 2. The van der Waals surface area contributed by atoms with Crippen molar-refractivity contribution in [3.8, 4) is 0 Å². The summed E-state index contributed by atoms with van der Waals surface area (Å²) in [6.07, 6.45) is 7.19. The summed E-state index contributed by atoms with van der Waals surface area (Å²) in [5.74, 6) is 0.647. The summed E-state index contributed by atoms with van der Waals surface area (Å²) in [6.45, 7) is 12.5. The Morgan fingerprint density at radius 3 is 2.37 bits per heavy atom. The highest BCUT2D eigenvalue weighted by Gasteiger charge is 2.73. The highest BCUT2D eigenvalue weighted by molar-refractivity contribution is 5.87. The Balaban J connectivity index is 1.31. The van der Waals surface area contributed by atoms with E-state index in [4.69, 9.17) is 18.9 Å². The van der Waals surface area contributed by atoms with Gasteiger partial charge in [-0.15, -0.1) is 0 Å². The van der Waals surface area contributed by atoms with E-state index in [-0.39, 0.29) is 64.6 Å². The van der Waals surface area contributed by atoms with Crippen LogP contribution in [0.3, 0.4) is 0 Å². The van der Waals surface area contributed by atoms with Crippen LogP contribution < -0.4 is 0 Å². The maximum Gasteiger partial charge on any atom is 0.302 e. The fourth-order valence-electron chi connectivity index (χ4n) is 10.8. The standard InChI is InChI=1S/C31H46O7/c1-16-11-26(34)31(35-15-16)17(2)28-25(38-31)13-24-22-8-7-20-12-21(36-18(3)32)9-10-29(20,5)23(22)14-27(30(24,28)6)37-19(4)33/h16-17,20-25,27-28H,7-15H2,1-6H3/t16-,17+,20+,21+,22-,23+,24+,25+,27-,28+,29+,30-,31+/m1/s1. The zero-order valence-electron chi connectivity index (χ0n) is 24.0. The van der Waals surface area contributed by atoms with Crippen molar-refractivity contribution in [1.29, 1.82) is 0 Å². The van der Waals surface area contributed by atoms with E-state index < -0.39 is 5.79 Å². The molecular weight excluding hydrogens is 484 g/mol. The van der Waals surface area contributed by atoms with Gasteiger partial charge in [-0.25, -0.2) is 0 Å². The zero-order chi connectivity index (χ0) is 27.2. The Morgan fingerprint density at radius 2 is 1.68 bits per heavy atom. The third kappa shape index (κ3) is 3.69. The van der Waals surface area contributed by atoms with Crippen LogP contribution in [0.15, 0.2) is 0 Å². The van der Waals surface area contributed by atoms with Crippen LogP contribution in [0.25, 0.3) is 0 Å². The number of Topliss-reactive ketones (excluding diaryl/α,β-unsaturated/α-hetero) is 1. The van der Waals surface area contributed by atoms with E-state index in [0.717, 1.165) is 44.9 Å². The molecule has 0 radical (unpaired) electrons. The molecule has 13 atom stereocenters. The van der Waals surface area contributed by atoms with E-state index in [0.29, 0.717) is 36.7 Å². The Labute approximate surface area is 227 Å². The molecule has 1 spiro atoms. The third-order valence-corrected chi connectivity index (χ3v) is 12.4. The van der Waals surface area contributed by atoms with Crippen molar-refractivity contribution < 1.29 is 33.3 Å². The van der Waals surface area contributed by atoms with Crippen molar-refractivity contribution >= 4 is 17.7 Å². The maximum atomic E-state index is 13.3. The minimum absolute atomic E-state index is 0.0206. The molecular formula is C31H46O7. The number of carbonyl (C=O) groups excluding carboxylic acids is 3. The van der Waals surface area contributed by atoms with Gasteiger partial charge in [0, 0.05) is 37.5 Å². The van der Waals surface area contributed by atoms with Crippen molar-refractivity contribution in [3.63, 3.8) is 0 Å². The second-order valence-corrected chi connectivity index (χ2v) is 14.3. The molecule has 0 amide bonds. The first-order chi connectivity index (χ1) is 17.9. The van der Waals surface area contributed by atoms with Gasteiger partial charge >= 0.3 is 11.9 Å². The molecule has 2 heterocycles. The predicted molar refractivity (Wildman–Crippen MR) is 139 cm³/mol. The summed E-state index contributed by atoms with van der Waals surface area (Å²) in [5.41, 5.74) is -0.117. The van der Waals surface area contributed by atoms with E-state index in [1.165, 1.54) is 13.8 Å². The van der Waals surface area contributed by atoms with Crippen LogP contribution in [0.4, 0.5) is 0 Å². The van der Waals surface area contributed by atoms with Gasteiger partial charge in [-0.1, -0.05) is 27.7 Å². The predicted octanol–water partition coefficient (Wildman–Crippen LogP) is 5.09. The molecule has 0 aromatic rings. The Hall–Kier alpha value is -1.47. The normalized spacial score (nSPS) is 53.5. The van der Waals surface area contributed by atoms with Gasteiger partial charge in [0.25, 0.3) is 0 Å². The van der Waals surface area contributed by atoms with Crippen LogP contribution >= 0.6 is 0 Å². The van der Waals surface area contributed by atoms with E-state index >= 15 is 0 Å². The van der Waals surface area contributed by atoms with E-state index in [9.17, 15) is 14.4 Å². The van der Waals surface area contributed by atoms with E-state index in [2.05, 4.69) is 27.7 Å². The zero-order valence-corrected chi connectivity index (χ0v) is 24.0. The second-order valence-electron chi connectivity index (χ2n) is 14.3. The molecule has 0 N–H and O–H groups in total. The van der Waals surface area contributed by atoms with Crippen LogP contribution in [0.5, 0.6) is 0 Å². The average molecular weight is 531 g/mol. The molecule has 2 saturated heterocycles. The lowest BCUT2D eigenvalue weighted by atomic mass is 9.43. The maximum absolute atomic E-state index is 13.3. The van der Waals surface area contributed by atoms with Gasteiger partial charge in [-0.2, -0.15) is 0 Å². The van der Waals surface area contributed by atoms with Crippen molar-refractivity contribution in [2.45, 2.75) is 117 Å². The molecule has 38 heavy (non-hydrogen) atoms. The first kappa shape index (κ1) is 26.7. The van der Waals surface area contributed by atoms with Gasteiger partial charge in [0.1, 0.15) is 12.2 Å². The van der Waals surface area contributed by atoms with E-state index in [1.807, 2.05) is 0 Å². The van der Waals surface area contributed by atoms with Crippen molar-refractivity contribution in [2.24, 2.45) is 52.3 Å². The van der Waals surface area contributed by atoms with Crippen LogP contribution in [0.1, 0.15) is 92.9 Å². The average Bonchev–Trinajstić information content (AvgIpc) is 3.29. The Bertz CT molecular complexity index is 1010. The summed E-state index contributed by atoms with van der Waals surface area (Å²) in [4.78, 5) is 37.5. The van der Waals surface area contributed by atoms with Crippen LogP contribution in [-0.2, 0) is 33.3 Å². The van der Waals surface area contributed by atoms with Gasteiger partial charge in [0.15, 0.2) is 5.78 Å². The summed E-state index contributed by atoms with van der Waals surface area (Å²) in [5, 5.41) is 0. The highest BCUT2D eigenvalue weighted by Crippen LogP contribution is 2.71. The minimum Gasteiger partial charge on any atom is -0.463 e. The number of hydrogen-bond donors (Lipinski definition) is 0. The molecule has 6 fully saturated rings. The molecule has 0 bridgehead atoms. The van der Waals surface area contributed by atoms with Crippen LogP contribution in [-0.4, -0.2) is 48.4 Å². The van der Waals surface area contributed by atoms with Gasteiger partial charge < -0.3 is 18.9 Å². The number of hydrogen-bond acceptors (Lipinski definition) is 7. The SMILES string of the molecule is CC(=O)O[C@H]1CC[C@@]2(C)[C@@H](CC[C@@H]3[C@@H]2C[C@@H](OC(C)=O)[C@]2(C)[C@@H]4[C@H](C[C@@H]32)O[C@@]2(OC[C@H](C)CC2=O)[C@H]4C)C1. The molecule has 0 unspecified atom stereocenters. The number of carbonyl (C=O) groups is 3. The lowest BCUT2D eigenvalue weighted by Crippen LogP contribution is -2.61.